The highest BCUT2D eigenvalue weighted by atomic mass is 16.1. The lowest BCUT2D eigenvalue weighted by atomic mass is 10.0. The number of aryl methyl sites for hydroxylation is 2. The summed E-state index contributed by atoms with van der Waals surface area (Å²) >= 11 is 0. The molecular formula is C17H16N2O. The van der Waals surface area contributed by atoms with E-state index in [0.717, 1.165) is 33.8 Å². The molecule has 0 fully saturated rings. The molecule has 0 atom stereocenters. The van der Waals surface area contributed by atoms with Gasteiger partial charge in [-0.3, -0.25) is 14.8 Å². The van der Waals surface area contributed by atoms with Crippen LogP contribution in [0.25, 0.3) is 0 Å². The van der Waals surface area contributed by atoms with Crippen molar-refractivity contribution in [3.05, 3.63) is 58.9 Å². The number of aliphatic imine (C=N–C) groups is 1. The van der Waals surface area contributed by atoms with Crippen molar-refractivity contribution in [1.82, 2.24) is 4.98 Å². The Kier molecular flexibility index (Phi) is 3.18. The number of aromatic nitrogens is 1. The molecule has 2 heterocycles. The summed E-state index contributed by atoms with van der Waals surface area (Å²) in [6, 6.07) is 9.98. The zero-order valence-electron chi connectivity index (χ0n) is 11.7. The molecule has 0 unspecified atom stereocenters. The van der Waals surface area contributed by atoms with Crippen LogP contribution in [0.2, 0.25) is 0 Å². The van der Waals surface area contributed by atoms with Gasteiger partial charge in [0.2, 0.25) is 0 Å². The Morgan fingerprint density at radius 1 is 1.05 bits per heavy atom. The predicted octanol–water partition coefficient (Wildman–Crippen LogP) is 3.33. The van der Waals surface area contributed by atoms with Crippen LogP contribution < -0.4 is 0 Å². The van der Waals surface area contributed by atoms with Crippen LogP contribution in [0.5, 0.6) is 0 Å². The van der Waals surface area contributed by atoms with Gasteiger partial charge in [-0.05, 0) is 43.2 Å². The molecule has 3 heteroatoms. The Labute approximate surface area is 118 Å². The second kappa shape index (κ2) is 5.00. The SMILES string of the molecule is Cc1ccc2c(c1)CC(=O)CC(c1ccnc(C)c1)=N2. The number of benzene rings is 1. The number of rotatable bonds is 1. The zero-order valence-corrected chi connectivity index (χ0v) is 11.7. The van der Waals surface area contributed by atoms with E-state index in [1.807, 2.05) is 38.1 Å². The third-order valence-electron chi connectivity index (χ3n) is 3.47. The highest BCUT2D eigenvalue weighted by Gasteiger charge is 2.17. The molecule has 1 aliphatic heterocycles. The van der Waals surface area contributed by atoms with Gasteiger partial charge >= 0.3 is 0 Å². The number of fused-ring (bicyclic) bond motifs is 1. The van der Waals surface area contributed by atoms with Gasteiger partial charge in [0.1, 0.15) is 5.78 Å². The summed E-state index contributed by atoms with van der Waals surface area (Å²) in [5.74, 6) is 0.211. The molecule has 1 aromatic carbocycles. The van der Waals surface area contributed by atoms with E-state index >= 15 is 0 Å². The first kappa shape index (κ1) is 12.7. The lowest BCUT2D eigenvalue weighted by Crippen LogP contribution is -2.09. The van der Waals surface area contributed by atoms with Crippen LogP contribution in [0.1, 0.15) is 28.8 Å². The fourth-order valence-corrected chi connectivity index (χ4v) is 2.50. The predicted molar refractivity (Wildman–Crippen MR) is 79.7 cm³/mol. The number of pyridine rings is 1. The van der Waals surface area contributed by atoms with Crippen molar-refractivity contribution in [3.8, 4) is 0 Å². The minimum atomic E-state index is 0.211. The number of carbonyl (C=O) groups is 1. The molecular weight excluding hydrogens is 248 g/mol. The van der Waals surface area contributed by atoms with Gasteiger partial charge in [0, 0.05) is 24.7 Å². The Morgan fingerprint density at radius 2 is 1.90 bits per heavy atom. The molecule has 1 aliphatic rings. The minimum Gasteiger partial charge on any atom is -0.299 e. The topological polar surface area (TPSA) is 42.3 Å². The normalized spacial score (nSPS) is 14.5. The highest BCUT2D eigenvalue weighted by molar-refractivity contribution is 6.13. The first-order valence-electron chi connectivity index (χ1n) is 6.73. The molecule has 1 aromatic heterocycles. The first-order valence-corrected chi connectivity index (χ1v) is 6.73. The molecule has 3 nitrogen and oxygen atoms in total. The van der Waals surface area contributed by atoms with Gasteiger partial charge < -0.3 is 0 Å². The molecule has 3 rings (SSSR count). The minimum absolute atomic E-state index is 0.211. The molecule has 0 spiro atoms. The lowest BCUT2D eigenvalue weighted by molar-refractivity contribution is -0.117. The summed E-state index contributed by atoms with van der Waals surface area (Å²) in [5, 5.41) is 0. The summed E-state index contributed by atoms with van der Waals surface area (Å²) in [4.78, 5) is 21.0. The number of hydrogen-bond donors (Lipinski definition) is 0. The average molecular weight is 264 g/mol. The fraction of sp³-hybridized carbons (Fsp3) is 0.235. The summed E-state index contributed by atoms with van der Waals surface area (Å²) in [5.41, 5.74) is 5.85. The van der Waals surface area contributed by atoms with E-state index in [1.165, 1.54) is 0 Å². The molecule has 100 valence electrons. The second-order valence-electron chi connectivity index (χ2n) is 5.27. The summed E-state index contributed by atoms with van der Waals surface area (Å²) < 4.78 is 0. The van der Waals surface area contributed by atoms with Crippen LogP contribution in [0.4, 0.5) is 5.69 Å². The lowest BCUT2D eigenvalue weighted by Gasteiger charge is -2.05. The van der Waals surface area contributed by atoms with Crippen molar-refractivity contribution >= 4 is 17.2 Å². The largest absolute Gasteiger partial charge is 0.299 e. The van der Waals surface area contributed by atoms with Crippen molar-refractivity contribution in [2.45, 2.75) is 26.7 Å². The summed E-state index contributed by atoms with van der Waals surface area (Å²) in [7, 11) is 0. The number of Topliss-reactive ketones (excluding diaryl/α,β-unsaturated/α-hetero) is 1. The molecule has 0 radical (unpaired) electrons. The number of carbonyl (C=O) groups excluding carboxylic acids is 1. The fourth-order valence-electron chi connectivity index (χ4n) is 2.50. The van der Waals surface area contributed by atoms with Gasteiger partial charge in [-0.25, -0.2) is 0 Å². The maximum atomic E-state index is 12.1. The first-order chi connectivity index (χ1) is 9.61. The molecule has 0 saturated carbocycles. The molecule has 0 amide bonds. The van der Waals surface area contributed by atoms with E-state index in [1.54, 1.807) is 6.20 Å². The number of nitrogens with zero attached hydrogens (tertiary/aromatic N) is 2. The Balaban J connectivity index is 2.11. The molecule has 0 N–H and O–H groups in total. The van der Waals surface area contributed by atoms with Gasteiger partial charge in [0.25, 0.3) is 0 Å². The van der Waals surface area contributed by atoms with Crippen LogP contribution in [0, 0.1) is 13.8 Å². The number of hydrogen-bond acceptors (Lipinski definition) is 3. The van der Waals surface area contributed by atoms with Crippen LogP contribution in [-0.2, 0) is 11.2 Å². The summed E-state index contributed by atoms with van der Waals surface area (Å²) in [6.07, 6.45) is 2.61. The third kappa shape index (κ3) is 2.52. The van der Waals surface area contributed by atoms with Gasteiger partial charge in [0.05, 0.1) is 11.4 Å². The van der Waals surface area contributed by atoms with Crippen molar-refractivity contribution in [3.63, 3.8) is 0 Å². The van der Waals surface area contributed by atoms with Crippen LogP contribution in [0.15, 0.2) is 41.5 Å². The van der Waals surface area contributed by atoms with E-state index in [4.69, 9.17) is 4.99 Å². The van der Waals surface area contributed by atoms with Gasteiger partial charge in [0.15, 0.2) is 0 Å². The van der Waals surface area contributed by atoms with Crippen molar-refractivity contribution in [2.24, 2.45) is 4.99 Å². The Hall–Kier alpha value is -2.29. The molecule has 20 heavy (non-hydrogen) atoms. The van der Waals surface area contributed by atoms with Crippen LogP contribution in [0.3, 0.4) is 0 Å². The molecule has 0 aliphatic carbocycles. The molecule has 0 saturated heterocycles. The van der Waals surface area contributed by atoms with Crippen molar-refractivity contribution < 1.29 is 4.79 Å². The van der Waals surface area contributed by atoms with Crippen LogP contribution >= 0.6 is 0 Å². The number of ketones is 1. The monoisotopic (exact) mass is 264 g/mol. The average Bonchev–Trinajstić information content (AvgIpc) is 2.56. The highest BCUT2D eigenvalue weighted by Crippen LogP contribution is 2.26. The van der Waals surface area contributed by atoms with Crippen molar-refractivity contribution in [2.75, 3.05) is 0 Å². The molecule has 2 aromatic rings. The molecule has 0 bridgehead atoms. The quantitative estimate of drug-likeness (QED) is 0.792. The van der Waals surface area contributed by atoms with Gasteiger partial charge in [-0.2, -0.15) is 0 Å². The third-order valence-corrected chi connectivity index (χ3v) is 3.47. The van der Waals surface area contributed by atoms with E-state index < -0.39 is 0 Å². The zero-order chi connectivity index (χ0) is 14.1. The Morgan fingerprint density at radius 3 is 2.70 bits per heavy atom. The van der Waals surface area contributed by atoms with Crippen LogP contribution in [-0.4, -0.2) is 16.5 Å². The standard InChI is InChI=1S/C17H16N2O/c1-11-3-4-16-14(7-11)9-15(20)10-17(19-16)13-5-6-18-12(2)8-13/h3-8H,9-10H2,1-2H3. The summed E-state index contributed by atoms with van der Waals surface area (Å²) in [6.45, 7) is 3.98. The van der Waals surface area contributed by atoms with Gasteiger partial charge in [-0.1, -0.05) is 17.7 Å². The van der Waals surface area contributed by atoms with Crippen molar-refractivity contribution in [1.29, 1.82) is 0 Å². The van der Waals surface area contributed by atoms with Gasteiger partial charge in [-0.15, -0.1) is 0 Å². The second-order valence-corrected chi connectivity index (χ2v) is 5.27. The van der Waals surface area contributed by atoms with E-state index in [2.05, 4.69) is 11.1 Å². The maximum absolute atomic E-state index is 12.1. The van der Waals surface area contributed by atoms with E-state index in [9.17, 15) is 4.79 Å². The van der Waals surface area contributed by atoms with E-state index in [0.29, 0.717) is 12.8 Å². The van der Waals surface area contributed by atoms with E-state index in [-0.39, 0.29) is 5.78 Å². The maximum Gasteiger partial charge on any atom is 0.143 e. The smallest absolute Gasteiger partial charge is 0.143 e. The Bertz CT molecular complexity index is 717.